The Labute approximate surface area is 87.3 Å². The predicted molar refractivity (Wildman–Crippen MR) is 49.2 cm³/mol. The molecule has 0 saturated heterocycles. The molecule has 1 aromatic rings. The second kappa shape index (κ2) is 4.29. The topological polar surface area (TPSA) is 40.9 Å². The van der Waals surface area contributed by atoms with Gasteiger partial charge in [-0.3, -0.25) is 4.79 Å². The van der Waals surface area contributed by atoms with E-state index in [1.807, 2.05) is 0 Å². The van der Waals surface area contributed by atoms with Crippen LogP contribution in [0.25, 0.3) is 0 Å². The number of halogens is 3. The van der Waals surface area contributed by atoms with Crippen molar-refractivity contribution in [2.45, 2.75) is 0 Å². The van der Waals surface area contributed by atoms with Crippen molar-refractivity contribution < 1.29 is 13.6 Å². The minimum absolute atomic E-state index is 0.00292. The molecule has 1 aromatic carbocycles. The van der Waals surface area contributed by atoms with Crippen molar-refractivity contribution in [3.05, 3.63) is 34.9 Å². The van der Waals surface area contributed by atoms with E-state index in [1.54, 1.807) is 0 Å². The van der Waals surface area contributed by atoms with Gasteiger partial charge < -0.3 is 0 Å². The van der Waals surface area contributed by atoms with Gasteiger partial charge in [-0.15, -0.1) is 0 Å². The highest BCUT2D eigenvalue weighted by molar-refractivity contribution is 9.09. The highest BCUT2D eigenvalue weighted by Crippen LogP contribution is 2.15. The largest absolute Gasteiger partial charge is 0.293 e. The van der Waals surface area contributed by atoms with Crippen LogP contribution < -0.4 is 0 Å². The number of carbonyl (C=O) groups excluding carboxylic acids is 1. The zero-order chi connectivity index (χ0) is 10.7. The molecule has 14 heavy (non-hydrogen) atoms. The second-order valence-electron chi connectivity index (χ2n) is 2.49. The van der Waals surface area contributed by atoms with Gasteiger partial charge in [-0.25, -0.2) is 8.78 Å². The molecule has 1 rings (SSSR count). The molecular weight excluding hydrogens is 256 g/mol. The first-order valence-electron chi connectivity index (χ1n) is 3.58. The average molecular weight is 260 g/mol. The van der Waals surface area contributed by atoms with E-state index in [1.165, 1.54) is 6.07 Å². The van der Waals surface area contributed by atoms with E-state index in [9.17, 15) is 13.6 Å². The summed E-state index contributed by atoms with van der Waals surface area (Å²) in [6.45, 7) is 0. The van der Waals surface area contributed by atoms with Crippen LogP contribution in [-0.2, 0) is 0 Å². The summed E-state index contributed by atoms with van der Waals surface area (Å²) >= 11 is 2.89. The van der Waals surface area contributed by atoms with Gasteiger partial charge in [-0.2, -0.15) is 5.26 Å². The zero-order valence-corrected chi connectivity index (χ0v) is 8.44. The summed E-state index contributed by atoms with van der Waals surface area (Å²) in [5.41, 5.74) is -0.480. The van der Waals surface area contributed by atoms with Crippen LogP contribution in [0.4, 0.5) is 8.78 Å². The molecule has 0 aliphatic rings. The number of Topliss-reactive ketones (excluding diaryl/α,β-unsaturated/α-hetero) is 1. The van der Waals surface area contributed by atoms with Crippen molar-refractivity contribution in [2.24, 2.45) is 0 Å². The minimum atomic E-state index is -1.22. The Balaban J connectivity index is 3.32. The van der Waals surface area contributed by atoms with Crippen LogP contribution in [-0.4, -0.2) is 11.1 Å². The normalized spacial score (nSPS) is 9.57. The first kappa shape index (κ1) is 10.8. The molecule has 0 amide bonds. The third-order valence-corrected chi connectivity index (χ3v) is 2.10. The molecule has 0 atom stereocenters. The lowest BCUT2D eigenvalue weighted by Gasteiger charge is -2.00. The smallest absolute Gasteiger partial charge is 0.176 e. The van der Waals surface area contributed by atoms with Gasteiger partial charge in [-0.05, 0) is 12.1 Å². The molecule has 0 aliphatic heterocycles. The van der Waals surface area contributed by atoms with E-state index in [2.05, 4.69) is 15.9 Å². The van der Waals surface area contributed by atoms with E-state index in [0.29, 0.717) is 0 Å². The van der Waals surface area contributed by atoms with Gasteiger partial charge >= 0.3 is 0 Å². The van der Waals surface area contributed by atoms with E-state index >= 15 is 0 Å². The number of ketones is 1. The molecule has 0 bridgehead atoms. The molecule has 0 unspecified atom stereocenters. The molecule has 72 valence electrons. The van der Waals surface area contributed by atoms with Crippen molar-refractivity contribution in [1.29, 1.82) is 5.26 Å². The van der Waals surface area contributed by atoms with Crippen molar-refractivity contribution in [2.75, 3.05) is 5.33 Å². The van der Waals surface area contributed by atoms with Gasteiger partial charge in [-0.1, -0.05) is 15.9 Å². The fraction of sp³-hybridized carbons (Fsp3) is 0.111. The maximum absolute atomic E-state index is 12.8. The molecule has 5 heteroatoms. The number of hydrogen-bond donors (Lipinski definition) is 0. The van der Waals surface area contributed by atoms with Gasteiger partial charge in [0.2, 0.25) is 0 Å². The van der Waals surface area contributed by atoms with Crippen molar-refractivity contribution >= 4 is 21.7 Å². The first-order chi connectivity index (χ1) is 6.60. The summed E-state index contributed by atoms with van der Waals surface area (Å²) in [5.74, 6) is -2.81. The van der Waals surface area contributed by atoms with Gasteiger partial charge in [0.25, 0.3) is 0 Å². The Bertz CT molecular complexity index is 426. The Morgan fingerprint density at radius 2 is 2.14 bits per heavy atom. The molecule has 0 N–H and O–H groups in total. The van der Waals surface area contributed by atoms with E-state index in [-0.39, 0.29) is 10.9 Å². The third-order valence-electron chi connectivity index (χ3n) is 1.59. The molecule has 0 saturated carbocycles. The third kappa shape index (κ3) is 1.96. The average Bonchev–Trinajstić information content (AvgIpc) is 2.20. The highest BCUT2D eigenvalue weighted by Gasteiger charge is 2.13. The van der Waals surface area contributed by atoms with Crippen LogP contribution in [0.15, 0.2) is 12.1 Å². The molecule has 0 radical (unpaired) electrons. The Morgan fingerprint density at radius 1 is 1.50 bits per heavy atom. The van der Waals surface area contributed by atoms with Crippen LogP contribution in [0.2, 0.25) is 0 Å². The standard InChI is InChI=1S/C9H4BrF2NO/c10-3-8(14)5-1-6(4-13)9(12)7(11)2-5/h1-2H,3H2. The fourth-order valence-corrected chi connectivity index (χ4v) is 1.23. The van der Waals surface area contributed by atoms with Gasteiger partial charge in [0.1, 0.15) is 6.07 Å². The Kier molecular flexibility index (Phi) is 3.31. The van der Waals surface area contributed by atoms with Crippen LogP contribution in [0.5, 0.6) is 0 Å². The lowest BCUT2D eigenvalue weighted by molar-refractivity contribution is 0.102. The molecule has 0 heterocycles. The van der Waals surface area contributed by atoms with Crippen molar-refractivity contribution in [3.8, 4) is 6.07 Å². The van der Waals surface area contributed by atoms with E-state index < -0.39 is 23.0 Å². The first-order valence-corrected chi connectivity index (χ1v) is 4.70. The number of alkyl halides is 1. The quantitative estimate of drug-likeness (QED) is 0.605. The Morgan fingerprint density at radius 3 is 2.64 bits per heavy atom. The maximum Gasteiger partial charge on any atom is 0.176 e. The zero-order valence-electron chi connectivity index (χ0n) is 6.85. The molecule has 0 fully saturated rings. The SMILES string of the molecule is N#Cc1cc(C(=O)CBr)cc(F)c1F. The Hall–Kier alpha value is -1.28. The maximum atomic E-state index is 12.8. The monoisotopic (exact) mass is 259 g/mol. The van der Waals surface area contributed by atoms with Crippen LogP contribution in [0, 0.1) is 23.0 Å². The number of nitrogens with zero attached hydrogens (tertiary/aromatic N) is 1. The molecule has 2 nitrogen and oxygen atoms in total. The summed E-state index contributed by atoms with van der Waals surface area (Å²) in [4.78, 5) is 11.1. The predicted octanol–water partition coefficient (Wildman–Crippen LogP) is 2.41. The molecule has 0 aromatic heterocycles. The number of hydrogen-bond acceptors (Lipinski definition) is 2. The van der Waals surface area contributed by atoms with Crippen molar-refractivity contribution in [1.82, 2.24) is 0 Å². The summed E-state index contributed by atoms with van der Waals surface area (Å²) in [6.07, 6.45) is 0. The fourth-order valence-electron chi connectivity index (χ4n) is 0.909. The summed E-state index contributed by atoms with van der Waals surface area (Å²) in [7, 11) is 0. The van der Waals surface area contributed by atoms with Crippen LogP contribution in [0.1, 0.15) is 15.9 Å². The van der Waals surface area contributed by atoms with E-state index in [4.69, 9.17) is 5.26 Å². The van der Waals surface area contributed by atoms with Crippen LogP contribution >= 0.6 is 15.9 Å². The second-order valence-corrected chi connectivity index (χ2v) is 3.05. The number of rotatable bonds is 2. The number of nitriles is 1. The number of benzene rings is 1. The van der Waals surface area contributed by atoms with Gasteiger partial charge in [0.05, 0.1) is 10.9 Å². The lowest BCUT2D eigenvalue weighted by atomic mass is 10.1. The minimum Gasteiger partial charge on any atom is -0.293 e. The van der Waals surface area contributed by atoms with Gasteiger partial charge in [0, 0.05) is 5.56 Å². The summed E-state index contributed by atoms with van der Waals surface area (Å²) in [6, 6.07) is 3.28. The van der Waals surface area contributed by atoms with E-state index in [0.717, 1.165) is 12.1 Å². The summed E-state index contributed by atoms with van der Waals surface area (Å²) < 4.78 is 25.7. The molecular formula is C9H4BrF2NO. The molecule has 0 aliphatic carbocycles. The van der Waals surface area contributed by atoms with Gasteiger partial charge in [0.15, 0.2) is 17.4 Å². The van der Waals surface area contributed by atoms with Crippen LogP contribution in [0.3, 0.4) is 0 Å². The van der Waals surface area contributed by atoms with Crippen molar-refractivity contribution in [3.63, 3.8) is 0 Å². The highest BCUT2D eigenvalue weighted by atomic mass is 79.9. The summed E-state index contributed by atoms with van der Waals surface area (Å²) in [5, 5.41) is 8.45. The lowest BCUT2D eigenvalue weighted by Crippen LogP contribution is -2.03. The number of carbonyl (C=O) groups is 1. The molecule has 0 spiro atoms.